The third-order valence-electron chi connectivity index (χ3n) is 4.28. The molecule has 1 heterocycles. The van der Waals surface area contributed by atoms with E-state index in [0.29, 0.717) is 24.3 Å². The Labute approximate surface area is 118 Å². The number of nitrogens with one attached hydrogen (secondary N) is 2. The standard InChI is InChI=1S/C16H32N2O/c1-12(2)5-6-14(4)18-16(19)11-13(3)15-7-9-17-10-8-15/h12-15,17H,5-11H2,1-4H3,(H,18,19). The van der Waals surface area contributed by atoms with Crippen molar-refractivity contribution >= 4 is 5.91 Å². The molecule has 0 aromatic carbocycles. The Morgan fingerprint density at radius 1 is 1.16 bits per heavy atom. The maximum absolute atomic E-state index is 12.0. The van der Waals surface area contributed by atoms with Gasteiger partial charge in [0, 0.05) is 12.5 Å². The quantitative estimate of drug-likeness (QED) is 0.745. The lowest BCUT2D eigenvalue weighted by molar-refractivity contribution is -0.123. The van der Waals surface area contributed by atoms with E-state index in [1.807, 2.05) is 0 Å². The van der Waals surface area contributed by atoms with Crippen molar-refractivity contribution in [3.63, 3.8) is 0 Å². The zero-order valence-electron chi connectivity index (χ0n) is 13.2. The highest BCUT2D eigenvalue weighted by molar-refractivity contribution is 5.76. The predicted molar refractivity (Wildman–Crippen MR) is 81.1 cm³/mol. The van der Waals surface area contributed by atoms with Crippen LogP contribution in [0.2, 0.25) is 0 Å². The first-order chi connectivity index (χ1) is 8.99. The molecule has 0 aromatic rings. The third-order valence-corrected chi connectivity index (χ3v) is 4.28. The van der Waals surface area contributed by atoms with Crippen molar-refractivity contribution in [1.82, 2.24) is 10.6 Å². The van der Waals surface area contributed by atoms with Gasteiger partial charge in [-0.1, -0.05) is 20.8 Å². The molecular formula is C16H32N2O. The van der Waals surface area contributed by atoms with E-state index in [0.717, 1.165) is 25.4 Å². The molecule has 2 unspecified atom stereocenters. The van der Waals surface area contributed by atoms with Crippen LogP contribution < -0.4 is 10.6 Å². The second-order valence-electron chi connectivity index (χ2n) is 6.71. The van der Waals surface area contributed by atoms with E-state index in [9.17, 15) is 4.79 Å². The van der Waals surface area contributed by atoms with Gasteiger partial charge in [0.2, 0.25) is 5.91 Å². The van der Waals surface area contributed by atoms with Gasteiger partial charge < -0.3 is 10.6 Å². The number of hydrogen-bond donors (Lipinski definition) is 2. The number of piperidine rings is 1. The van der Waals surface area contributed by atoms with Gasteiger partial charge >= 0.3 is 0 Å². The third kappa shape index (κ3) is 6.95. The van der Waals surface area contributed by atoms with E-state index in [1.54, 1.807) is 0 Å². The maximum atomic E-state index is 12.0. The van der Waals surface area contributed by atoms with E-state index in [4.69, 9.17) is 0 Å². The van der Waals surface area contributed by atoms with Crippen molar-refractivity contribution in [3.8, 4) is 0 Å². The fraction of sp³-hybridized carbons (Fsp3) is 0.938. The lowest BCUT2D eigenvalue weighted by Crippen LogP contribution is -2.36. The van der Waals surface area contributed by atoms with E-state index in [2.05, 4.69) is 38.3 Å². The molecule has 2 atom stereocenters. The summed E-state index contributed by atoms with van der Waals surface area (Å²) >= 11 is 0. The molecule has 0 saturated carbocycles. The molecule has 3 heteroatoms. The zero-order chi connectivity index (χ0) is 14.3. The summed E-state index contributed by atoms with van der Waals surface area (Å²) in [4.78, 5) is 12.0. The van der Waals surface area contributed by atoms with Gasteiger partial charge in [-0.15, -0.1) is 0 Å². The average molecular weight is 268 g/mol. The lowest BCUT2D eigenvalue weighted by Gasteiger charge is -2.28. The second-order valence-corrected chi connectivity index (χ2v) is 6.71. The van der Waals surface area contributed by atoms with Gasteiger partial charge in [0.25, 0.3) is 0 Å². The second kappa shape index (κ2) is 8.57. The smallest absolute Gasteiger partial charge is 0.220 e. The maximum Gasteiger partial charge on any atom is 0.220 e. The molecule has 0 radical (unpaired) electrons. The van der Waals surface area contributed by atoms with Gasteiger partial charge in [-0.2, -0.15) is 0 Å². The SMILES string of the molecule is CC(C)CCC(C)NC(=O)CC(C)C1CCNCC1. The molecule has 2 N–H and O–H groups in total. The molecule has 1 aliphatic rings. The molecular weight excluding hydrogens is 236 g/mol. The van der Waals surface area contributed by atoms with E-state index < -0.39 is 0 Å². The van der Waals surface area contributed by atoms with Gasteiger partial charge in [0.05, 0.1) is 0 Å². The van der Waals surface area contributed by atoms with Crippen LogP contribution in [0.25, 0.3) is 0 Å². The Hall–Kier alpha value is -0.570. The molecule has 1 fully saturated rings. The molecule has 1 saturated heterocycles. The highest BCUT2D eigenvalue weighted by atomic mass is 16.1. The van der Waals surface area contributed by atoms with Crippen LogP contribution in [0.5, 0.6) is 0 Å². The lowest BCUT2D eigenvalue weighted by atomic mass is 9.84. The van der Waals surface area contributed by atoms with Crippen LogP contribution in [0.4, 0.5) is 0 Å². The Morgan fingerprint density at radius 3 is 2.37 bits per heavy atom. The molecule has 0 bridgehead atoms. The van der Waals surface area contributed by atoms with Gasteiger partial charge in [-0.05, 0) is 63.5 Å². The summed E-state index contributed by atoms with van der Waals surface area (Å²) in [6, 6.07) is 0.315. The van der Waals surface area contributed by atoms with Crippen molar-refractivity contribution in [2.45, 2.75) is 65.8 Å². The van der Waals surface area contributed by atoms with Crippen LogP contribution in [0.1, 0.15) is 59.8 Å². The minimum Gasteiger partial charge on any atom is -0.354 e. The van der Waals surface area contributed by atoms with Crippen molar-refractivity contribution in [2.75, 3.05) is 13.1 Å². The molecule has 19 heavy (non-hydrogen) atoms. The monoisotopic (exact) mass is 268 g/mol. The highest BCUT2D eigenvalue weighted by Crippen LogP contribution is 2.24. The molecule has 1 rings (SSSR count). The minimum absolute atomic E-state index is 0.238. The number of hydrogen-bond acceptors (Lipinski definition) is 2. The normalized spacial score (nSPS) is 20.3. The van der Waals surface area contributed by atoms with Crippen LogP contribution in [0.15, 0.2) is 0 Å². The molecule has 3 nitrogen and oxygen atoms in total. The Kier molecular flexibility index (Phi) is 7.44. The zero-order valence-corrected chi connectivity index (χ0v) is 13.2. The van der Waals surface area contributed by atoms with E-state index in [-0.39, 0.29) is 5.91 Å². The first-order valence-electron chi connectivity index (χ1n) is 7.99. The van der Waals surface area contributed by atoms with Crippen LogP contribution in [0.3, 0.4) is 0 Å². The van der Waals surface area contributed by atoms with Gasteiger partial charge in [-0.3, -0.25) is 4.79 Å². The van der Waals surface area contributed by atoms with E-state index in [1.165, 1.54) is 19.3 Å². The van der Waals surface area contributed by atoms with E-state index >= 15 is 0 Å². The summed E-state index contributed by atoms with van der Waals surface area (Å²) < 4.78 is 0. The molecule has 1 amide bonds. The number of carbonyl (C=O) groups excluding carboxylic acids is 1. The van der Waals surface area contributed by atoms with Gasteiger partial charge in [0.1, 0.15) is 0 Å². The van der Waals surface area contributed by atoms with Crippen LogP contribution >= 0.6 is 0 Å². The van der Waals surface area contributed by atoms with Crippen LogP contribution in [-0.4, -0.2) is 25.0 Å². The predicted octanol–water partition coefficient (Wildman–Crippen LogP) is 2.95. The summed E-state index contributed by atoms with van der Waals surface area (Å²) in [5, 5.41) is 6.53. The largest absolute Gasteiger partial charge is 0.354 e. The highest BCUT2D eigenvalue weighted by Gasteiger charge is 2.22. The molecule has 0 aromatic heterocycles. The Bertz CT molecular complexity index is 259. The first kappa shape index (κ1) is 16.5. The minimum atomic E-state index is 0.238. The first-order valence-corrected chi connectivity index (χ1v) is 7.99. The summed E-state index contributed by atoms with van der Waals surface area (Å²) in [5.74, 6) is 2.19. The number of amides is 1. The average Bonchev–Trinajstić information content (AvgIpc) is 2.37. The Balaban J connectivity index is 2.21. The Morgan fingerprint density at radius 2 is 1.79 bits per heavy atom. The van der Waals surface area contributed by atoms with Gasteiger partial charge in [-0.25, -0.2) is 0 Å². The molecule has 1 aliphatic heterocycles. The summed E-state index contributed by atoms with van der Waals surface area (Å²) in [6.07, 6.45) is 5.40. The molecule has 0 aliphatic carbocycles. The number of carbonyl (C=O) groups is 1. The van der Waals surface area contributed by atoms with Crippen LogP contribution in [-0.2, 0) is 4.79 Å². The fourth-order valence-electron chi connectivity index (χ4n) is 2.86. The van der Waals surface area contributed by atoms with Crippen molar-refractivity contribution in [3.05, 3.63) is 0 Å². The van der Waals surface area contributed by atoms with Gasteiger partial charge in [0.15, 0.2) is 0 Å². The summed E-state index contributed by atoms with van der Waals surface area (Å²) in [7, 11) is 0. The van der Waals surface area contributed by atoms with Crippen molar-refractivity contribution in [2.24, 2.45) is 17.8 Å². The van der Waals surface area contributed by atoms with Crippen LogP contribution in [0, 0.1) is 17.8 Å². The summed E-state index contributed by atoms with van der Waals surface area (Å²) in [6.45, 7) is 11.0. The van der Waals surface area contributed by atoms with Crippen molar-refractivity contribution in [1.29, 1.82) is 0 Å². The summed E-state index contributed by atoms with van der Waals surface area (Å²) in [5.41, 5.74) is 0. The number of rotatable bonds is 7. The van der Waals surface area contributed by atoms with Crippen molar-refractivity contribution < 1.29 is 4.79 Å². The molecule has 0 spiro atoms. The molecule has 112 valence electrons. The topological polar surface area (TPSA) is 41.1 Å². The fourth-order valence-corrected chi connectivity index (χ4v) is 2.86.